The third-order valence-electron chi connectivity index (χ3n) is 4.75. The molecule has 0 radical (unpaired) electrons. The SMILES string of the molecule is CC(C)C[C@@]1(CO)CCCN(C(=O)c2cccc(C#CC(C)(C)O)c2)C1. The normalized spacial score (nSPS) is 20.7. The Morgan fingerprint density at radius 1 is 1.38 bits per heavy atom. The second kappa shape index (κ2) is 8.24. The van der Waals surface area contributed by atoms with Crippen molar-refractivity contribution in [2.45, 2.75) is 52.6 Å². The van der Waals surface area contributed by atoms with Crippen molar-refractivity contribution in [2.24, 2.45) is 11.3 Å². The Morgan fingerprint density at radius 3 is 2.73 bits per heavy atom. The number of rotatable bonds is 4. The predicted octanol–water partition coefficient (Wildman–Crippen LogP) is 3.07. The highest BCUT2D eigenvalue weighted by Crippen LogP contribution is 2.36. The second-order valence-corrected chi connectivity index (χ2v) is 8.48. The van der Waals surface area contributed by atoms with Crippen LogP contribution in [0.2, 0.25) is 0 Å². The van der Waals surface area contributed by atoms with Gasteiger partial charge in [-0.05, 0) is 57.2 Å². The van der Waals surface area contributed by atoms with E-state index in [4.69, 9.17) is 0 Å². The molecule has 4 nitrogen and oxygen atoms in total. The Balaban J connectivity index is 2.19. The predicted molar refractivity (Wildman–Crippen MR) is 104 cm³/mol. The molecule has 1 aliphatic heterocycles. The van der Waals surface area contributed by atoms with Gasteiger partial charge in [-0.1, -0.05) is 31.8 Å². The summed E-state index contributed by atoms with van der Waals surface area (Å²) in [5.74, 6) is 6.17. The van der Waals surface area contributed by atoms with Crippen molar-refractivity contribution in [1.82, 2.24) is 4.90 Å². The van der Waals surface area contributed by atoms with E-state index in [1.807, 2.05) is 17.0 Å². The van der Waals surface area contributed by atoms with Crippen molar-refractivity contribution in [3.63, 3.8) is 0 Å². The van der Waals surface area contributed by atoms with Crippen molar-refractivity contribution in [3.05, 3.63) is 35.4 Å². The summed E-state index contributed by atoms with van der Waals surface area (Å²) in [6.45, 7) is 9.01. The van der Waals surface area contributed by atoms with Crippen LogP contribution in [0.5, 0.6) is 0 Å². The number of likely N-dealkylation sites (tertiary alicyclic amines) is 1. The molecule has 0 unspecified atom stereocenters. The highest BCUT2D eigenvalue weighted by atomic mass is 16.3. The Kier molecular flexibility index (Phi) is 6.49. The Morgan fingerprint density at radius 2 is 2.12 bits per heavy atom. The zero-order valence-electron chi connectivity index (χ0n) is 16.4. The summed E-state index contributed by atoms with van der Waals surface area (Å²) < 4.78 is 0. The van der Waals surface area contributed by atoms with Gasteiger partial charge < -0.3 is 15.1 Å². The molecule has 1 atom stereocenters. The van der Waals surface area contributed by atoms with Crippen LogP contribution in [-0.2, 0) is 0 Å². The van der Waals surface area contributed by atoms with Gasteiger partial charge in [-0.25, -0.2) is 0 Å². The van der Waals surface area contributed by atoms with Crippen LogP contribution in [0.25, 0.3) is 0 Å². The molecule has 0 aliphatic carbocycles. The smallest absolute Gasteiger partial charge is 0.253 e. The molecule has 1 saturated heterocycles. The molecule has 0 spiro atoms. The van der Waals surface area contributed by atoms with Gasteiger partial charge in [-0.2, -0.15) is 0 Å². The molecule has 1 heterocycles. The lowest BCUT2D eigenvalue weighted by atomic mass is 9.74. The maximum Gasteiger partial charge on any atom is 0.253 e. The molecule has 26 heavy (non-hydrogen) atoms. The minimum absolute atomic E-state index is 0.0156. The van der Waals surface area contributed by atoms with Gasteiger partial charge in [-0.15, -0.1) is 0 Å². The van der Waals surface area contributed by atoms with E-state index in [-0.39, 0.29) is 17.9 Å². The Hall–Kier alpha value is -1.83. The lowest BCUT2D eigenvalue weighted by molar-refractivity contribution is 0.0160. The zero-order chi connectivity index (χ0) is 19.4. The molecule has 2 rings (SSSR count). The van der Waals surface area contributed by atoms with E-state index >= 15 is 0 Å². The number of piperidine rings is 1. The van der Waals surface area contributed by atoms with Gasteiger partial charge in [0, 0.05) is 29.6 Å². The minimum Gasteiger partial charge on any atom is -0.396 e. The standard InChI is InChI=1S/C22H31NO3/c1-17(2)14-22(16-24)10-6-12-23(15-22)20(25)19-8-5-7-18(13-19)9-11-21(3,4)26/h5,7-8,13,17,24,26H,6,10,12,14-16H2,1-4H3/t22-/m0/s1. The van der Waals surface area contributed by atoms with Gasteiger partial charge in [0.15, 0.2) is 0 Å². The van der Waals surface area contributed by atoms with Crippen molar-refractivity contribution in [3.8, 4) is 11.8 Å². The molecular weight excluding hydrogens is 326 g/mol. The van der Waals surface area contributed by atoms with Crippen molar-refractivity contribution in [2.75, 3.05) is 19.7 Å². The molecule has 1 aromatic rings. The Bertz CT molecular complexity index is 693. The van der Waals surface area contributed by atoms with E-state index in [9.17, 15) is 15.0 Å². The monoisotopic (exact) mass is 357 g/mol. The average molecular weight is 357 g/mol. The second-order valence-electron chi connectivity index (χ2n) is 8.48. The third kappa shape index (κ3) is 5.59. The van der Waals surface area contributed by atoms with Gasteiger partial charge >= 0.3 is 0 Å². The minimum atomic E-state index is -1.07. The summed E-state index contributed by atoms with van der Waals surface area (Å²) in [6, 6.07) is 7.23. The highest BCUT2D eigenvalue weighted by Gasteiger charge is 2.37. The number of benzene rings is 1. The molecule has 1 aliphatic rings. The van der Waals surface area contributed by atoms with Crippen molar-refractivity contribution < 1.29 is 15.0 Å². The number of amides is 1. The zero-order valence-corrected chi connectivity index (χ0v) is 16.4. The molecule has 1 aromatic carbocycles. The van der Waals surface area contributed by atoms with Crippen LogP contribution in [0, 0.1) is 23.2 Å². The first kappa shape index (κ1) is 20.5. The summed E-state index contributed by atoms with van der Waals surface area (Å²) >= 11 is 0. The number of hydrogen-bond donors (Lipinski definition) is 2. The van der Waals surface area contributed by atoms with E-state index in [1.54, 1.807) is 26.0 Å². The fourth-order valence-electron chi connectivity index (χ4n) is 3.75. The first-order valence-electron chi connectivity index (χ1n) is 9.40. The van der Waals surface area contributed by atoms with Gasteiger partial charge in [0.2, 0.25) is 0 Å². The average Bonchev–Trinajstić information content (AvgIpc) is 2.58. The van der Waals surface area contributed by atoms with Crippen LogP contribution in [0.4, 0.5) is 0 Å². The summed E-state index contributed by atoms with van der Waals surface area (Å²) in [5, 5.41) is 19.7. The van der Waals surface area contributed by atoms with Crippen molar-refractivity contribution in [1.29, 1.82) is 0 Å². The lowest BCUT2D eigenvalue weighted by Crippen LogP contribution is -2.48. The van der Waals surface area contributed by atoms with Gasteiger partial charge in [0.25, 0.3) is 5.91 Å². The molecule has 0 bridgehead atoms. The van der Waals surface area contributed by atoms with Crippen LogP contribution < -0.4 is 0 Å². The molecule has 2 N–H and O–H groups in total. The van der Waals surface area contributed by atoms with Gasteiger partial charge in [0.05, 0.1) is 6.61 Å². The highest BCUT2D eigenvalue weighted by molar-refractivity contribution is 5.94. The molecule has 4 heteroatoms. The fraction of sp³-hybridized carbons (Fsp3) is 0.591. The van der Waals surface area contributed by atoms with Crippen LogP contribution in [0.3, 0.4) is 0 Å². The number of hydrogen-bond acceptors (Lipinski definition) is 3. The molecule has 142 valence electrons. The maximum atomic E-state index is 13.0. The summed E-state index contributed by atoms with van der Waals surface area (Å²) in [7, 11) is 0. The van der Waals surface area contributed by atoms with E-state index < -0.39 is 5.60 Å². The number of aliphatic hydroxyl groups excluding tert-OH is 1. The van der Waals surface area contributed by atoms with E-state index in [0.717, 1.165) is 25.8 Å². The first-order valence-corrected chi connectivity index (χ1v) is 9.40. The van der Waals surface area contributed by atoms with Crippen LogP contribution in [0.1, 0.15) is 62.9 Å². The molecule has 1 fully saturated rings. The van der Waals surface area contributed by atoms with E-state index in [1.165, 1.54) is 0 Å². The Labute approximate surface area is 157 Å². The third-order valence-corrected chi connectivity index (χ3v) is 4.75. The maximum absolute atomic E-state index is 13.0. The largest absolute Gasteiger partial charge is 0.396 e. The number of carbonyl (C=O) groups excluding carboxylic acids is 1. The molecular formula is C22H31NO3. The molecule has 0 saturated carbocycles. The molecule has 0 aromatic heterocycles. The summed E-state index contributed by atoms with van der Waals surface area (Å²) in [6.07, 6.45) is 2.80. The molecule has 1 amide bonds. The lowest BCUT2D eigenvalue weighted by Gasteiger charge is -2.43. The van der Waals surface area contributed by atoms with Crippen LogP contribution in [0.15, 0.2) is 24.3 Å². The quantitative estimate of drug-likeness (QED) is 0.814. The number of carbonyl (C=O) groups is 1. The van der Waals surface area contributed by atoms with Crippen LogP contribution >= 0.6 is 0 Å². The summed E-state index contributed by atoms with van der Waals surface area (Å²) in [4.78, 5) is 14.9. The first-order chi connectivity index (χ1) is 12.1. The number of nitrogens with zero attached hydrogens (tertiary/aromatic N) is 1. The summed E-state index contributed by atoms with van der Waals surface area (Å²) in [5.41, 5.74) is 0.0571. The van der Waals surface area contributed by atoms with E-state index in [0.29, 0.717) is 23.6 Å². The van der Waals surface area contributed by atoms with Crippen LogP contribution in [-0.4, -0.2) is 46.3 Å². The van der Waals surface area contributed by atoms with Crippen molar-refractivity contribution >= 4 is 5.91 Å². The van der Waals surface area contributed by atoms with E-state index in [2.05, 4.69) is 25.7 Å². The topological polar surface area (TPSA) is 60.8 Å². The van der Waals surface area contributed by atoms with Gasteiger partial charge in [0.1, 0.15) is 5.60 Å². The fourth-order valence-corrected chi connectivity index (χ4v) is 3.75. The number of aliphatic hydroxyl groups is 2. The van der Waals surface area contributed by atoms with Gasteiger partial charge in [-0.3, -0.25) is 4.79 Å².